The van der Waals surface area contributed by atoms with Crippen LogP contribution in [0.4, 0.5) is 13.2 Å². The highest BCUT2D eigenvalue weighted by Gasteiger charge is 2.39. The van der Waals surface area contributed by atoms with Gasteiger partial charge >= 0.3 is 6.18 Å². The second kappa shape index (κ2) is 5.97. The van der Waals surface area contributed by atoms with Crippen LogP contribution in [0, 0.1) is 0 Å². The largest absolute Gasteiger partial charge is 0.416 e. The van der Waals surface area contributed by atoms with Gasteiger partial charge in [0.2, 0.25) is 0 Å². The summed E-state index contributed by atoms with van der Waals surface area (Å²) in [5.41, 5.74) is 7.36. The third kappa shape index (κ3) is 3.37. The molecule has 0 aromatic heterocycles. The Morgan fingerprint density at radius 2 is 1.83 bits per heavy atom. The van der Waals surface area contributed by atoms with E-state index in [1.165, 1.54) is 12.1 Å². The SMILES string of the molecule is C[C@H]1C[C@@](C)(c2ccc(C(F)(F)F)cc2)C[C@@H](C2=CN(C)NN2)N1. The number of nitrogens with one attached hydrogen (secondary N) is 3. The van der Waals surface area contributed by atoms with Crippen molar-refractivity contribution >= 4 is 0 Å². The van der Waals surface area contributed by atoms with E-state index in [2.05, 4.69) is 30.1 Å². The van der Waals surface area contributed by atoms with E-state index in [9.17, 15) is 13.2 Å². The molecule has 4 nitrogen and oxygen atoms in total. The molecule has 2 aliphatic rings. The second-order valence-electron chi connectivity index (χ2n) is 7.10. The van der Waals surface area contributed by atoms with Crippen LogP contribution in [0.15, 0.2) is 36.2 Å². The summed E-state index contributed by atoms with van der Waals surface area (Å²) in [6, 6.07) is 6.01. The molecule has 1 aromatic carbocycles. The molecule has 0 bridgehead atoms. The summed E-state index contributed by atoms with van der Waals surface area (Å²) >= 11 is 0. The highest BCUT2D eigenvalue weighted by atomic mass is 19.4. The number of alkyl halides is 3. The molecule has 7 heteroatoms. The van der Waals surface area contributed by atoms with Crippen LogP contribution < -0.4 is 16.3 Å². The molecule has 0 saturated carbocycles. The zero-order valence-corrected chi connectivity index (χ0v) is 14.0. The average Bonchev–Trinajstić information content (AvgIpc) is 2.92. The van der Waals surface area contributed by atoms with Gasteiger partial charge in [-0.1, -0.05) is 19.1 Å². The zero-order chi connectivity index (χ0) is 17.5. The van der Waals surface area contributed by atoms with E-state index < -0.39 is 11.7 Å². The first-order valence-corrected chi connectivity index (χ1v) is 8.07. The maximum atomic E-state index is 12.8. The summed E-state index contributed by atoms with van der Waals surface area (Å²) in [6.45, 7) is 4.24. The van der Waals surface area contributed by atoms with E-state index in [4.69, 9.17) is 0 Å². The lowest BCUT2D eigenvalue weighted by atomic mass is 9.70. The number of nitrogens with zero attached hydrogens (tertiary/aromatic N) is 1. The van der Waals surface area contributed by atoms with Crippen LogP contribution >= 0.6 is 0 Å². The van der Waals surface area contributed by atoms with Gasteiger partial charge in [0.25, 0.3) is 0 Å². The third-order valence-corrected chi connectivity index (χ3v) is 4.89. The van der Waals surface area contributed by atoms with Crippen LogP contribution in [0.2, 0.25) is 0 Å². The van der Waals surface area contributed by atoms with Gasteiger partial charge in [-0.25, -0.2) is 0 Å². The monoisotopic (exact) mass is 340 g/mol. The van der Waals surface area contributed by atoms with Crippen LogP contribution in [0.3, 0.4) is 0 Å². The number of hydrogen-bond acceptors (Lipinski definition) is 4. The Kier molecular flexibility index (Phi) is 4.25. The molecule has 3 N–H and O–H groups in total. The van der Waals surface area contributed by atoms with Crippen LogP contribution in [-0.2, 0) is 11.6 Å². The summed E-state index contributed by atoms with van der Waals surface area (Å²) in [4.78, 5) is 0. The maximum absolute atomic E-state index is 12.8. The number of hydrogen-bond donors (Lipinski definition) is 3. The van der Waals surface area contributed by atoms with Gasteiger partial charge in [0, 0.05) is 19.3 Å². The highest BCUT2D eigenvalue weighted by Crippen LogP contribution is 2.39. The van der Waals surface area contributed by atoms with Crippen molar-refractivity contribution in [3.8, 4) is 0 Å². The third-order valence-electron chi connectivity index (χ3n) is 4.89. The molecule has 3 rings (SSSR count). The Hall–Kier alpha value is -1.73. The molecule has 24 heavy (non-hydrogen) atoms. The number of piperidine rings is 1. The van der Waals surface area contributed by atoms with Gasteiger partial charge in [0.05, 0.1) is 17.3 Å². The van der Waals surface area contributed by atoms with Crippen LogP contribution in [-0.4, -0.2) is 24.1 Å². The fourth-order valence-corrected chi connectivity index (χ4v) is 3.77. The quantitative estimate of drug-likeness (QED) is 0.774. The van der Waals surface area contributed by atoms with Gasteiger partial charge in [-0.3, -0.25) is 5.01 Å². The van der Waals surface area contributed by atoms with Crippen molar-refractivity contribution in [3.05, 3.63) is 47.3 Å². The molecule has 0 amide bonds. The van der Waals surface area contributed by atoms with Crippen LogP contribution in [0.25, 0.3) is 0 Å². The Labute approximate surface area is 140 Å². The molecular weight excluding hydrogens is 317 g/mol. The predicted octanol–water partition coefficient (Wildman–Crippen LogP) is 2.90. The molecule has 1 saturated heterocycles. The fourth-order valence-electron chi connectivity index (χ4n) is 3.77. The Morgan fingerprint density at radius 3 is 2.38 bits per heavy atom. The van der Waals surface area contributed by atoms with Crippen LogP contribution in [0.5, 0.6) is 0 Å². The summed E-state index contributed by atoms with van der Waals surface area (Å²) in [7, 11) is 1.90. The lowest BCUT2D eigenvalue weighted by molar-refractivity contribution is -0.137. The summed E-state index contributed by atoms with van der Waals surface area (Å²) in [6.07, 6.45) is -0.608. The second-order valence-corrected chi connectivity index (χ2v) is 7.10. The minimum absolute atomic E-state index is 0.124. The van der Waals surface area contributed by atoms with Gasteiger partial charge in [0.1, 0.15) is 0 Å². The Morgan fingerprint density at radius 1 is 1.17 bits per heavy atom. The standard InChI is InChI=1S/C17H23F3N4/c1-11-8-16(2,9-14(21-11)15-10-24(3)23-22-15)12-4-6-13(7-5-12)17(18,19)20/h4-7,10-11,14,21-23H,8-9H2,1-3H3/t11-,14-,16+/m0/s1. The normalized spacial score (nSPS) is 30.9. The van der Waals surface area contributed by atoms with Crippen molar-refractivity contribution in [1.82, 2.24) is 21.3 Å². The predicted molar refractivity (Wildman–Crippen MR) is 86.5 cm³/mol. The maximum Gasteiger partial charge on any atom is 0.416 e. The van der Waals surface area contributed by atoms with Crippen molar-refractivity contribution in [1.29, 1.82) is 0 Å². The molecule has 0 unspecified atom stereocenters. The van der Waals surface area contributed by atoms with E-state index in [0.717, 1.165) is 24.1 Å². The van der Waals surface area contributed by atoms with Gasteiger partial charge < -0.3 is 10.7 Å². The van der Waals surface area contributed by atoms with Crippen molar-refractivity contribution in [2.24, 2.45) is 0 Å². The van der Waals surface area contributed by atoms with Crippen molar-refractivity contribution < 1.29 is 13.2 Å². The zero-order valence-electron chi connectivity index (χ0n) is 14.0. The topological polar surface area (TPSA) is 39.3 Å². The molecule has 2 aliphatic heterocycles. The summed E-state index contributed by atoms with van der Waals surface area (Å²) in [5.74, 6) is 0. The van der Waals surface area contributed by atoms with Gasteiger partial charge in [-0.2, -0.15) is 13.2 Å². The number of rotatable bonds is 2. The molecule has 132 valence electrons. The lowest BCUT2D eigenvalue weighted by Gasteiger charge is -2.43. The van der Waals surface area contributed by atoms with E-state index in [1.54, 1.807) is 12.1 Å². The van der Waals surface area contributed by atoms with Crippen molar-refractivity contribution in [2.75, 3.05) is 7.05 Å². The first kappa shape index (κ1) is 17.1. The molecule has 0 spiro atoms. The highest BCUT2D eigenvalue weighted by molar-refractivity contribution is 5.32. The minimum atomic E-state index is -4.29. The number of benzene rings is 1. The Balaban J connectivity index is 1.84. The summed E-state index contributed by atoms with van der Waals surface area (Å²) < 4.78 is 38.4. The average molecular weight is 340 g/mol. The fraction of sp³-hybridized carbons (Fsp3) is 0.529. The van der Waals surface area contributed by atoms with Gasteiger partial charge in [0.15, 0.2) is 0 Å². The smallest absolute Gasteiger partial charge is 0.306 e. The molecule has 1 fully saturated rings. The van der Waals surface area contributed by atoms with Crippen molar-refractivity contribution in [2.45, 2.75) is 50.4 Å². The number of halogens is 3. The molecular formula is C17H23F3N4. The molecule has 0 aliphatic carbocycles. The molecule has 2 heterocycles. The number of hydrazine groups is 2. The van der Waals surface area contributed by atoms with E-state index >= 15 is 0 Å². The van der Waals surface area contributed by atoms with Gasteiger partial charge in [-0.05, 0) is 42.9 Å². The van der Waals surface area contributed by atoms with E-state index in [1.807, 2.05) is 18.3 Å². The van der Waals surface area contributed by atoms with Crippen LogP contribution in [0.1, 0.15) is 37.8 Å². The molecule has 1 aromatic rings. The van der Waals surface area contributed by atoms with Gasteiger partial charge in [-0.15, -0.1) is 5.53 Å². The van der Waals surface area contributed by atoms with E-state index in [0.29, 0.717) is 0 Å². The first-order chi connectivity index (χ1) is 11.2. The molecule has 3 atom stereocenters. The van der Waals surface area contributed by atoms with E-state index in [-0.39, 0.29) is 17.5 Å². The summed E-state index contributed by atoms with van der Waals surface area (Å²) in [5, 5.41) is 5.40. The first-order valence-electron chi connectivity index (χ1n) is 8.07. The minimum Gasteiger partial charge on any atom is -0.306 e. The van der Waals surface area contributed by atoms with Crippen molar-refractivity contribution in [3.63, 3.8) is 0 Å². The lowest BCUT2D eigenvalue weighted by Crippen LogP contribution is -2.52. The Bertz CT molecular complexity index is 626. The molecule has 0 radical (unpaired) electrons.